The van der Waals surface area contributed by atoms with Gasteiger partial charge in [0.05, 0.1) is 44.0 Å². The molecule has 0 radical (unpaired) electrons. The van der Waals surface area contributed by atoms with Crippen molar-refractivity contribution in [3.8, 4) is 0 Å². The second kappa shape index (κ2) is 32.3. The Morgan fingerprint density at radius 2 is 0.616 bits per heavy atom. The number of rotatable bonds is 20. The highest BCUT2D eigenvalue weighted by Gasteiger charge is 2.22. The summed E-state index contributed by atoms with van der Waals surface area (Å²) in [6, 6.07) is 80.3. The first-order valence-corrected chi connectivity index (χ1v) is 28.1. The number of carboxylic acid groups (broad SMARTS) is 1. The second-order valence-corrected chi connectivity index (χ2v) is 21.3. The van der Waals surface area contributed by atoms with E-state index in [-0.39, 0.29) is 50.0 Å². The third-order valence-corrected chi connectivity index (χ3v) is 16.5. The number of carbonyl (C=O) groups is 4. The molecule has 8 aromatic rings. The topological polar surface area (TPSA) is 132 Å². The number of nitrogens with two attached hydrogens (primary N) is 1. The van der Waals surface area contributed by atoms with E-state index in [0.29, 0.717) is 11.5 Å². The van der Waals surface area contributed by atoms with Gasteiger partial charge in [-0.15, -0.1) is 35.3 Å². The normalized spacial score (nSPS) is 11.0. The lowest BCUT2D eigenvalue weighted by Crippen LogP contribution is -2.15. The van der Waals surface area contributed by atoms with Crippen LogP contribution in [0.4, 0.5) is 0 Å². The smallest absolute Gasteiger partial charge is 0.313 e. The molecule has 7 nitrogen and oxygen atoms in total. The van der Waals surface area contributed by atoms with Gasteiger partial charge in [0.2, 0.25) is 5.91 Å². The van der Waals surface area contributed by atoms with Crippen LogP contribution in [0.25, 0.3) is 0 Å². The highest BCUT2D eigenvalue weighted by atomic mass is 32.2. The van der Waals surface area contributed by atoms with Crippen LogP contribution < -0.4 is 5.73 Å². The fraction of sp³-hybridized carbons (Fsp3) is 0.161. The highest BCUT2D eigenvalue weighted by Crippen LogP contribution is 2.37. The van der Waals surface area contributed by atoms with Gasteiger partial charge in [0, 0.05) is 10.8 Å². The summed E-state index contributed by atoms with van der Waals surface area (Å²) in [5, 5.41) is 9.05. The summed E-state index contributed by atoms with van der Waals surface area (Å²) in [5.74, 6) is 0.187. The molecule has 0 heterocycles. The van der Waals surface area contributed by atoms with Crippen molar-refractivity contribution in [1.29, 1.82) is 0 Å². The van der Waals surface area contributed by atoms with Crippen molar-refractivity contribution in [3.05, 3.63) is 287 Å². The molecule has 8 rings (SSSR count). The number of carboxylic acids is 1. The van der Waals surface area contributed by atoms with Crippen LogP contribution in [0.2, 0.25) is 0 Å². The average Bonchev–Trinajstić information content (AvgIpc) is 3.41. The van der Waals surface area contributed by atoms with E-state index in [1.54, 1.807) is 30.4 Å². The van der Waals surface area contributed by atoms with Gasteiger partial charge in [-0.05, 0) is 58.4 Å². The van der Waals surface area contributed by atoms with Crippen LogP contribution in [-0.4, -0.2) is 55.8 Å². The molecule has 3 N–H and O–H groups in total. The van der Waals surface area contributed by atoms with Crippen molar-refractivity contribution in [2.45, 2.75) is 34.8 Å². The van der Waals surface area contributed by atoms with E-state index < -0.39 is 16.8 Å². The van der Waals surface area contributed by atoms with Crippen LogP contribution in [0.1, 0.15) is 79.4 Å². The summed E-state index contributed by atoms with van der Waals surface area (Å²) in [7, 11) is -1.24. The van der Waals surface area contributed by atoms with E-state index in [1.165, 1.54) is 40.9 Å². The van der Waals surface area contributed by atoms with Crippen LogP contribution in [0.3, 0.4) is 0 Å². The van der Waals surface area contributed by atoms with E-state index in [9.17, 15) is 23.4 Å². The molecule has 1 unspecified atom stereocenters. The molecule has 0 spiro atoms. The minimum absolute atomic E-state index is 0.0461. The molecule has 73 heavy (non-hydrogen) atoms. The number of benzene rings is 8. The molecule has 0 aromatic heterocycles. The Kier molecular flexibility index (Phi) is 25.3. The maximum absolute atomic E-state index is 12.4. The van der Waals surface area contributed by atoms with Gasteiger partial charge in [0.1, 0.15) is 11.6 Å². The lowest BCUT2D eigenvalue weighted by atomic mass is 10.0. The van der Waals surface area contributed by atoms with Crippen molar-refractivity contribution in [3.63, 3.8) is 0 Å². The van der Waals surface area contributed by atoms with Crippen LogP contribution in [-0.2, 0) is 30.0 Å². The van der Waals surface area contributed by atoms with E-state index in [1.807, 2.05) is 194 Å². The molecule has 0 aliphatic rings. The third kappa shape index (κ3) is 20.7. The lowest BCUT2D eigenvalue weighted by Gasteiger charge is -2.17. The van der Waals surface area contributed by atoms with Crippen LogP contribution in [0.5, 0.6) is 0 Å². The summed E-state index contributed by atoms with van der Waals surface area (Å²) in [5.41, 5.74) is 14.3. The molecule has 1 amide bonds. The molecule has 11 heteroatoms. The maximum Gasteiger partial charge on any atom is 0.313 e. The quantitative estimate of drug-likeness (QED) is 0.0766. The van der Waals surface area contributed by atoms with Crippen molar-refractivity contribution in [2.75, 3.05) is 23.0 Å². The average molecular weight is 1040 g/mol. The maximum atomic E-state index is 12.4. The van der Waals surface area contributed by atoms with Crippen molar-refractivity contribution in [2.24, 2.45) is 5.73 Å². The van der Waals surface area contributed by atoms with E-state index in [0.717, 1.165) is 22.3 Å². The summed E-state index contributed by atoms with van der Waals surface area (Å²) in [6.07, 6.45) is 0. The van der Waals surface area contributed by atoms with Gasteiger partial charge < -0.3 is 10.8 Å². The summed E-state index contributed by atoms with van der Waals surface area (Å²) < 4.78 is 12.4. The minimum Gasteiger partial charge on any atom is -0.481 e. The van der Waals surface area contributed by atoms with Crippen LogP contribution in [0, 0.1) is 0 Å². The number of primary amides is 1. The Bertz CT molecular complexity index is 2460. The molecule has 0 fully saturated rings. The Labute approximate surface area is 445 Å². The Balaban J connectivity index is 0.000000181. The molecule has 374 valence electrons. The van der Waals surface area contributed by atoms with E-state index >= 15 is 0 Å². The summed E-state index contributed by atoms with van der Waals surface area (Å²) in [6.45, 7) is 3.12. The molecular weight excluding hydrogens is 983 g/mol. The zero-order valence-corrected chi connectivity index (χ0v) is 44.2. The summed E-state index contributed by atoms with van der Waals surface area (Å²) in [4.78, 5) is 44.1. The van der Waals surface area contributed by atoms with Crippen LogP contribution in [0.15, 0.2) is 243 Å². The Morgan fingerprint density at radius 1 is 0.384 bits per heavy atom. The number of hydrogen-bond acceptors (Lipinski definition) is 8. The van der Waals surface area contributed by atoms with E-state index in [2.05, 4.69) is 48.5 Å². The molecular formula is C62H61NO6S4. The first-order valence-electron chi connectivity index (χ1n) is 23.6. The van der Waals surface area contributed by atoms with Gasteiger partial charge >= 0.3 is 5.97 Å². The monoisotopic (exact) mass is 1040 g/mol. The number of Topliss-reactive ketones (excluding diaryl/α,β-unsaturated/α-hetero) is 2. The largest absolute Gasteiger partial charge is 0.481 e. The predicted octanol–water partition coefficient (Wildman–Crippen LogP) is 13.8. The molecule has 0 saturated carbocycles. The highest BCUT2D eigenvalue weighted by molar-refractivity contribution is 8.00. The molecule has 0 saturated heterocycles. The fourth-order valence-electron chi connectivity index (χ4n) is 7.48. The zero-order chi connectivity index (χ0) is 52.0. The van der Waals surface area contributed by atoms with Gasteiger partial charge in [-0.25, -0.2) is 0 Å². The first kappa shape index (κ1) is 57.1. The van der Waals surface area contributed by atoms with Gasteiger partial charge in [0.15, 0.2) is 0 Å². The minimum atomic E-state index is -1.24. The molecule has 8 aromatic carbocycles. The SMILES string of the molecule is CC(=O)CS(=O)C(c1ccccc1)c1ccccc1.CC(=O)CSC(c1ccccc1)c1ccccc1.NC(=O)CSC(c1ccccc1)c1ccccc1.O=C(O)CSC(c1ccccc1)c1ccccc1. The molecule has 1 atom stereocenters. The first-order chi connectivity index (χ1) is 35.5. The fourth-order valence-corrected chi connectivity index (χ4v) is 12.1. The number of ketones is 2. The van der Waals surface area contributed by atoms with Gasteiger partial charge in [-0.3, -0.25) is 23.4 Å². The standard InChI is InChI=1S/C16H16O2S.C16H16OS.C15H15NOS.C15H14O2S/c1-13(17)12-19(18)16(14-8-4-2-5-9-14)15-10-6-3-7-11-15;1-13(17)12-18-16(14-8-4-2-5-9-14)15-10-6-3-7-11-15;2*16-14(17)11-18-15(12-7-3-1-4-8-12)13-9-5-2-6-10-13/h2-11,16H,12H2,1H3;2-11,16H,12H2,1H3;1-10,15H,11H2,(H2,16,17);1-10,15H,11H2,(H,16,17). The van der Waals surface area contributed by atoms with Crippen LogP contribution >= 0.6 is 35.3 Å². The third-order valence-electron chi connectivity index (χ3n) is 10.6. The van der Waals surface area contributed by atoms with Crippen molar-refractivity contribution < 1.29 is 28.5 Å². The number of carbonyl (C=O) groups excluding carboxylic acids is 3. The molecule has 0 bridgehead atoms. The van der Waals surface area contributed by atoms with Gasteiger partial charge in [-0.1, -0.05) is 243 Å². The predicted molar refractivity (Wildman–Crippen MR) is 307 cm³/mol. The van der Waals surface area contributed by atoms with Gasteiger partial charge in [-0.2, -0.15) is 0 Å². The van der Waals surface area contributed by atoms with E-state index in [4.69, 9.17) is 10.8 Å². The summed E-state index contributed by atoms with van der Waals surface area (Å²) >= 11 is 4.68. The van der Waals surface area contributed by atoms with Gasteiger partial charge in [0.25, 0.3) is 0 Å². The number of amides is 1. The molecule has 0 aliphatic heterocycles. The Morgan fingerprint density at radius 3 is 0.836 bits per heavy atom. The second-order valence-electron chi connectivity index (χ2n) is 16.5. The number of thioether (sulfide) groups is 3. The number of hydrogen-bond donors (Lipinski definition) is 2. The number of aliphatic carboxylic acids is 1. The van der Waals surface area contributed by atoms with Crippen molar-refractivity contribution in [1.82, 2.24) is 0 Å². The zero-order valence-electron chi connectivity index (χ0n) is 40.9. The Hall–Kier alpha value is -6.76. The molecule has 0 aliphatic carbocycles. The van der Waals surface area contributed by atoms with Crippen molar-refractivity contribution >= 4 is 69.5 Å². The lowest BCUT2D eigenvalue weighted by molar-refractivity contribution is -0.134.